The predicted octanol–water partition coefficient (Wildman–Crippen LogP) is 1.13. The van der Waals surface area contributed by atoms with E-state index in [-0.39, 0.29) is 11.9 Å². The Labute approximate surface area is 96.1 Å². The fraction of sp³-hybridized carbons (Fsp3) is 0.818. The highest BCUT2D eigenvalue weighted by molar-refractivity contribution is 5.86. The summed E-state index contributed by atoms with van der Waals surface area (Å²) in [6, 6.07) is -0.513. The van der Waals surface area contributed by atoms with Crippen molar-refractivity contribution in [2.24, 2.45) is 0 Å². The average molecular weight is 228 g/mol. The third-order valence-corrected chi connectivity index (χ3v) is 2.45. The molecule has 5 nitrogen and oxygen atoms in total. The molecule has 2 atom stereocenters. The van der Waals surface area contributed by atoms with Gasteiger partial charge in [0.05, 0.1) is 6.04 Å². The van der Waals surface area contributed by atoms with E-state index in [1.165, 1.54) is 4.90 Å². The minimum Gasteiger partial charge on any atom is -0.444 e. The van der Waals surface area contributed by atoms with Crippen molar-refractivity contribution in [3.05, 3.63) is 0 Å². The van der Waals surface area contributed by atoms with Gasteiger partial charge in [0.15, 0.2) is 0 Å². The van der Waals surface area contributed by atoms with Crippen LogP contribution in [0.1, 0.15) is 34.6 Å². The molecule has 1 rings (SSSR count). The molecular formula is C11H20N2O3. The minimum atomic E-state index is -0.537. The van der Waals surface area contributed by atoms with Crippen LogP contribution in [-0.2, 0) is 9.53 Å². The lowest BCUT2D eigenvalue weighted by Gasteiger charge is -2.38. The highest BCUT2D eigenvalue weighted by Crippen LogP contribution is 2.16. The van der Waals surface area contributed by atoms with Gasteiger partial charge in [0.2, 0.25) is 5.91 Å². The van der Waals surface area contributed by atoms with Crippen molar-refractivity contribution in [3.63, 3.8) is 0 Å². The quantitative estimate of drug-likeness (QED) is 0.676. The van der Waals surface area contributed by atoms with E-state index < -0.39 is 17.7 Å². The molecule has 0 aromatic rings. The van der Waals surface area contributed by atoms with Crippen LogP contribution in [0.2, 0.25) is 0 Å². The Morgan fingerprint density at radius 2 is 2.00 bits per heavy atom. The topological polar surface area (TPSA) is 58.6 Å². The molecule has 1 fully saturated rings. The maximum Gasteiger partial charge on any atom is 0.411 e. The molecule has 1 heterocycles. The van der Waals surface area contributed by atoms with Crippen molar-refractivity contribution in [3.8, 4) is 0 Å². The van der Waals surface area contributed by atoms with Gasteiger partial charge in [0, 0.05) is 6.54 Å². The third kappa shape index (κ3) is 2.87. The second kappa shape index (κ2) is 4.31. The summed E-state index contributed by atoms with van der Waals surface area (Å²) >= 11 is 0. The van der Waals surface area contributed by atoms with Crippen molar-refractivity contribution in [2.45, 2.75) is 52.3 Å². The summed E-state index contributed by atoms with van der Waals surface area (Å²) in [4.78, 5) is 24.9. The zero-order valence-corrected chi connectivity index (χ0v) is 10.5. The zero-order valence-electron chi connectivity index (χ0n) is 10.5. The number of carbonyl (C=O) groups is 2. The molecule has 1 N–H and O–H groups in total. The molecule has 0 saturated carbocycles. The van der Waals surface area contributed by atoms with Gasteiger partial charge < -0.3 is 10.1 Å². The van der Waals surface area contributed by atoms with Gasteiger partial charge >= 0.3 is 6.09 Å². The molecule has 0 radical (unpaired) electrons. The van der Waals surface area contributed by atoms with Gasteiger partial charge in [-0.05, 0) is 34.6 Å². The average Bonchev–Trinajstić information content (AvgIpc) is 2.09. The molecule has 16 heavy (non-hydrogen) atoms. The largest absolute Gasteiger partial charge is 0.444 e. The molecule has 1 saturated heterocycles. The summed E-state index contributed by atoms with van der Waals surface area (Å²) in [7, 11) is 0. The first-order valence-electron chi connectivity index (χ1n) is 5.51. The van der Waals surface area contributed by atoms with Gasteiger partial charge in [0.1, 0.15) is 11.6 Å². The van der Waals surface area contributed by atoms with Crippen LogP contribution >= 0.6 is 0 Å². The Kier molecular flexibility index (Phi) is 3.45. The number of hydrogen-bond acceptors (Lipinski definition) is 3. The lowest BCUT2D eigenvalue weighted by Crippen LogP contribution is -2.60. The lowest BCUT2D eigenvalue weighted by molar-refractivity contribution is -0.129. The molecular weight excluding hydrogens is 208 g/mol. The molecule has 92 valence electrons. The van der Waals surface area contributed by atoms with E-state index >= 15 is 0 Å². The number of ether oxygens (including phenoxy) is 1. The third-order valence-electron chi connectivity index (χ3n) is 2.45. The normalized spacial score (nSPS) is 26.3. The molecule has 0 aliphatic carbocycles. The SMILES string of the molecule is C[C@@H]1CNC(=O)[C@@H](C)N1C(=O)OC(C)(C)C. The standard InChI is InChI=1S/C11H20N2O3/c1-7-6-12-9(14)8(2)13(7)10(15)16-11(3,4)5/h7-8H,6H2,1-5H3,(H,12,14)/t7-,8-/m1/s1. The fourth-order valence-corrected chi connectivity index (χ4v) is 1.66. The van der Waals surface area contributed by atoms with E-state index in [0.717, 1.165) is 0 Å². The first-order chi connectivity index (χ1) is 7.22. The number of amides is 2. The Morgan fingerprint density at radius 3 is 2.50 bits per heavy atom. The number of nitrogens with one attached hydrogen (secondary N) is 1. The second-order valence-corrected chi connectivity index (χ2v) is 5.16. The molecule has 0 aromatic carbocycles. The van der Waals surface area contributed by atoms with Crippen molar-refractivity contribution in [2.75, 3.05) is 6.54 Å². The van der Waals surface area contributed by atoms with Gasteiger partial charge in [-0.25, -0.2) is 4.79 Å². The number of carbonyl (C=O) groups excluding carboxylic acids is 2. The Balaban J connectivity index is 2.76. The Morgan fingerprint density at radius 1 is 1.44 bits per heavy atom. The first-order valence-corrected chi connectivity index (χ1v) is 5.51. The second-order valence-electron chi connectivity index (χ2n) is 5.16. The minimum absolute atomic E-state index is 0.0393. The maximum atomic E-state index is 11.9. The molecule has 5 heteroatoms. The van der Waals surface area contributed by atoms with Crippen LogP contribution in [0, 0.1) is 0 Å². The highest BCUT2D eigenvalue weighted by atomic mass is 16.6. The molecule has 0 spiro atoms. The molecule has 2 amide bonds. The smallest absolute Gasteiger partial charge is 0.411 e. The van der Waals surface area contributed by atoms with Crippen molar-refractivity contribution < 1.29 is 14.3 Å². The molecule has 0 bridgehead atoms. The molecule has 0 unspecified atom stereocenters. The monoisotopic (exact) mass is 228 g/mol. The van der Waals surface area contributed by atoms with E-state index in [2.05, 4.69) is 5.32 Å². The number of rotatable bonds is 0. The van der Waals surface area contributed by atoms with Crippen LogP contribution in [0.25, 0.3) is 0 Å². The summed E-state index contributed by atoms with van der Waals surface area (Å²) < 4.78 is 5.27. The van der Waals surface area contributed by atoms with Crippen LogP contribution in [0.3, 0.4) is 0 Å². The zero-order chi connectivity index (χ0) is 12.5. The fourth-order valence-electron chi connectivity index (χ4n) is 1.66. The number of nitrogens with zero attached hydrogens (tertiary/aromatic N) is 1. The molecule has 1 aliphatic rings. The van der Waals surface area contributed by atoms with Crippen LogP contribution in [0.4, 0.5) is 4.79 Å². The molecule has 0 aromatic heterocycles. The van der Waals surface area contributed by atoms with Crippen molar-refractivity contribution >= 4 is 12.0 Å². The Hall–Kier alpha value is -1.26. The summed E-state index contributed by atoms with van der Waals surface area (Å²) in [5, 5.41) is 2.74. The number of hydrogen-bond donors (Lipinski definition) is 1. The van der Waals surface area contributed by atoms with E-state index in [1.807, 2.05) is 27.7 Å². The first kappa shape index (κ1) is 12.8. The van der Waals surface area contributed by atoms with Crippen LogP contribution in [0.5, 0.6) is 0 Å². The summed E-state index contributed by atoms with van der Waals surface area (Å²) in [6.07, 6.45) is -0.428. The Bertz CT molecular complexity index is 296. The van der Waals surface area contributed by atoms with Gasteiger partial charge in [-0.15, -0.1) is 0 Å². The summed E-state index contributed by atoms with van der Waals surface area (Å²) in [5.74, 6) is -0.135. The van der Waals surface area contributed by atoms with E-state index in [9.17, 15) is 9.59 Å². The predicted molar refractivity (Wildman–Crippen MR) is 60.0 cm³/mol. The lowest BCUT2D eigenvalue weighted by atomic mass is 10.1. The summed E-state index contributed by atoms with van der Waals surface area (Å²) in [6.45, 7) is 9.50. The number of piperazine rings is 1. The van der Waals surface area contributed by atoms with Gasteiger partial charge in [-0.2, -0.15) is 0 Å². The van der Waals surface area contributed by atoms with Crippen LogP contribution in [0.15, 0.2) is 0 Å². The highest BCUT2D eigenvalue weighted by Gasteiger charge is 2.36. The van der Waals surface area contributed by atoms with Crippen molar-refractivity contribution in [1.82, 2.24) is 10.2 Å². The van der Waals surface area contributed by atoms with E-state index in [0.29, 0.717) is 6.54 Å². The van der Waals surface area contributed by atoms with Gasteiger partial charge in [-0.3, -0.25) is 9.69 Å². The van der Waals surface area contributed by atoms with E-state index in [4.69, 9.17) is 4.74 Å². The van der Waals surface area contributed by atoms with Gasteiger partial charge in [0.25, 0.3) is 0 Å². The maximum absolute atomic E-state index is 11.9. The van der Waals surface area contributed by atoms with Crippen molar-refractivity contribution in [1.29, 1.82) is 0 Å². The van der Waals surface area contributed by atoms with Gasteiger partial charge in [-0.1, -0.05) is 0 Å². The van der Waals surface area contributed by atoms with E-state index in [1.54, 1.807) is 6.92 Å². The molecule has 1 aliphatic heterocycles. The van der Waals surface area contributed by atoms with Crippen LogP contribution < -0.4 is 5.32 Å². The van der Waals surface area contributed by atoms with Crippen LogP contribution in [-0.4, -0.2) is 41.1 Å². The summed E-state index contributed by atoms with van der Waals surface area (Å²) in [5.41, 5.74) is -0.537.